The number of hydrogen-bond acceptors (Lipinski definition) is 6. The van der Waals surface area contributed by atoms with Gasteiger partial charge in [-0.1, -0.05) is 23.7 Å². The van der Waals surface area contributed by atoms with Gasteiger partial charge in [0.05, 0.1) is 13.7 Å². The van der Waals surface area contributed by atoms with Crippen LogP contribution in [-0.4, -0.2) is 30.0 Å². The Kier molecular flexibility index (Phi) is 5.59. The molecule has 4 aromatic rings. The van der Waals surface area contributed by atoms with Gasteiger partial charge >= 0.3 is 0 Å². The number of aromatic nitrogens is 1. The molecule has 0 bridgehead atoms. The number of methoxy groups -OCH3 is 1. The predicted octanol–water partition coefficient (Wildman–Crippen LogP) is 6.01. The molecule has 0 fully saturated rings. The molecule has 4 rings (SSSR count). The minimum atomic E-state index is -0.0286. The summed E-state index contributed by atoms with van der Waals surface area (Å²) < 4.78 is 16.7. The average molecular weight is 423 g/mol. The Bertz CT molecular complexity index is 1200. The van der Waals surface area contributed by atoms with E-state index in [4.69, 9.17) is 25.5 Å². The predicted molar refractivity (Wildman–Crippen MR) is 118 cm³/mol. The van der Waals surface area contributed by atoms with Crippen LogP contribution in [0.3, 0.4) is 0 Å². The van der Waals surface area contributed by atoms with E-state index >= 15 is 0 Å². The van der Waals surface area contributed by atoms with Crippen LogP contribution in [0.4, 0.5) is 5.69 Å². The quantitative estimate of drug-likeness (QED) is 0.385. The molecule has 0 aliphatic heterocycles. The lowest BCUT2D eigenvalue weighted by Gasteiger charge is -2.09. The highest BCUT2D eigenvalue weighted by Gasteiger charge is 2.12. The molecule has 0 unspecified atom stereocenters. The summed E-state index contributed by atoms with van der Waals surface area (Å²) in [4.78, 5) is 9.02. The van der Waals surface area contributed by atoms with Crippen LogP contribution in [0.15, 0.2) is 64.0 Å². The fourth-order valence-electron chi connectivity index (χ4n) is 3.02. The Labute approximate surface area is 178 Å². The van der Waals surface area contributed by atoms with E-state index in [1.807, 2.05) is 43.3 Å². The summed E-state index contributed by atoms with van der Waals surface area (Å²) in [5.74, 6) is 1.33. The molecule has 6 nitrogen and oxygen atoms in total. The summed E-state index contributed by atoms with van der Waals surface area (Å²) in [7, 11) is 1.57. The van der Waals surface area contributed by atoms with Crippen LogP contribution >= 0.6 is 11.6 Å². The number of benzene rings is 3. The molecular weight excluding hydrogens is 404 g/mol. The van der Waals surface area contributed by atoms with Gasteiger partial charge in [0, 0.05) is 28.4 Å². The van der Waals surface area contributed by atoms with Gasteiger partial charge in [0.15, 0.2) is 17.1 Å². The van der Waals surface area contributed by atoms with E-state index in [1.165, 1.54) is 6.21 Å². The lowest BCUT2D eigenvalue weighted by atomic mass is 10.1. The summed E-state index contributed by atoms with van der Waals surface area (Å²) >= 11 is 6.14. The van der Waals surface area contributed by atoms with Gasteiger partial charge in [-0.05, 0) is 43.3 Å². The molecule has 0 amide bonds. The molecular formula is C23H19ClN2O4. The number of halogens is 1. The van der Waals surface area contributed by atoms with Crippen molar-refractivity contribution in [2.24, 2.45) is 4.99 Å². The first-order valence-corrected chi connectivity index (χ1v) is 9.70. The fourth-order valence-corrected chi connectivity index (χ4v) is 3.23. The van der Waals surface area contributed by atoms with E-state index < -0.39 is 0 Å². The standard InChI is InChI=1S/C23H19ClN2O4/c1-3-29-21-12-16(24)10-15(22(21)27)13-25-18-11-14(8-9-19(18)28-2)23-26-17-6-4-5-7-20(17)30-23/h4-13,27H,3H2,1-2H3. The van der Waals surface area contributed by atoms with Crippen molar-refractivity contribution in [3.63, 3.8) is 0 Å². The number of nitrogens with zero attached hydrogens (tertiary/aromatic N) is 2. The average Bonchev–Trinajstić information content (AvgIpc) is 3.19. The van der Waals surface area contributed by atoms with Crippen LogP contribution in [0.25, 0.3) is 22.6 Å². The number of ether oxygens (including phenoxy) is 2. The second kappa shape index (κ2) is 8.47. The maximum absolute atomic E-state index is 10.4. The minimum Gasteiger partial charge on any atom is -0.504 e. The third-order valence-electron chi connectivity index (χ3n) is 4.43. The highest BCUT2D eigenvalue weighted by molar-refractivity contribution is 6.31. The van der Waals surface area contributed by atoms with Gasteiger partial charge in [0.2, 0.25) is 5.89 Å². The second-order valence-electron chi connectivity index (χ2n) is 6.41. The number of phenols is 1. The van der Waals surface area contributed by atoms with Gasteiger partial charge in [-0.3, -0.25) is 4.99 Å². The van der Waals surface area contributed by atoms with Crippen LogP contribution in [0.5, 0.6) is 17.2 Å². The topological polar surface area (TPSA) is 77.1 Å². The molecule has 3 aromatic carbocycles. The molecule has 0 saturated carbocycles. The Balaban J connectivity index is 1.73. The lowest BCUT2D eigenvalue weighted by molar-refractivity contribution is 0.318. The minimum absolute atomic E-state index is 0.0286. The largest absolute Gasteiger partial charge is 0.504 e. The van der Waals surface area contributed by atoms with E-state index in [9.17, 15) is 5.11 Å². The van der Waals surface area contributed by atoms with Crippen molar-refractivity contribution in [2.75, 3.05) is 13.7 Å². The fraction of sp³-hybridized carbons (Fsp3) is 0.130. The highest BCUT2D eigenvalue weighted by Crippen LogP contribution is 2.36. The number of para-hydroxylation sites is 2. The Hall–Kier alpha value is -3.51. The number of rotatable bonds is 6. The zero-order chi connectivity index (χ0) is 21.1. The first-order chi connectivity index (χ1) is 14.6. The number of aromatic hydroxyl groups is 1. The third-order valence-corrected chi connectivity index (χ3v) is 4.65. The molecule has 1 heterocycles. The Morgan fingerprint density at radius 1 is 1.13 bits per heavy atom. The number of fused-ring (bicyclic) bond motifs is 1. The normalized spacial score (nSPS) is 11.3. The summed E-state index contributed by atoms with van der Waals surface area (Å²) in [6.45, 7) is 2.24. The van der Waals surface area contributed by atoms with Crippen molar-refractivity contribution in [3.05, 3.63) is 65.2 Å². The first kappa shape index (κ1) is 19.8. The van der Waals surface area contributed by atoms with Crippen LogP contribution < -0.4 is 9.47 Å². The molecule has 1 N–H and O–H groups in total. The maximum Gasteiger partial charge on any atom is 0.227 e. The SMILES string of the molecule is CCOc1cc(Cl)cc(C=Nc2cc(-c3nc4ccccc4o3)ccc2OC)c1O. The second-order valence-corrected chi connectivity index (χ2v) is 6.84. The molecule has 1 aromatic heterocycles. The van der Waals surface area contributed by atoms with Crippen molar-refractivity contribution in [2.45, 2.75) is 6.92 Å². The van der Waals surface area contributed by atoms with Crippen molar-refractivity contribution in [1.29, 1.82) is 0 Å². The van der Waals surface area contributed by atoms with E-state index in [0.717, 1.165) is 11.1 Å². The highest BCUT2D eigenvalue weighted by atomic mass is 35.5. The molecule has 0 aliphatic carbocycles. The Morgan fingerprint density at radius 2 is 1.97 bits per heavy atom. The summed E-state index contributed by atoms with van der Waals surface area (Å²) in [6.07, 6.45) is 1.51. The first-order valence-electron chi connectivity index (χ1n) is 9.32. The lowest BCUT2D eigenvalue weighted by Crippen LogP contribution is -1.94. The van der Waals surface area contributed by atoms with Crippen molar-refractivity contribution in [1.82, 2.24) is 4.98 Å². The molecule has 0 saturated heterocycles. The Morgan fingerprint density at radius 3 is 2.73 bits per heavy atom. The van der Waals surface area contributed by atoms with Gasteiger partial charge in [-0.2, -0.15) is 0 Å². The zero-order valence-corrected chi connectivity index (χ0v) is 17.2. The molecule has 0 aliphatic rings. The zero-order valence-electron chi connectivity index (χ0n) is 16.4. The van der Waals surface area contributed by atoms with E-state index in [2.05, 4.69) is 9.98 Å². The monoisotopic (exact) mass is 422 g/mol. The number of oxazole rings is 1. The van der Waals surface area contributed by atoms with E-state index in [0.29, 0.717) is 45.9 Å². The van der Waals surface area contributed by atoms with Gasteiger partial charge in [0.1, 0.15) is 17.0 Å². The van der Waals surface area contributed by atoms with Crippen LogP contribution in [0.1, 0.15) is 12.5 Å². The van der Waals surface area contributed by atoms with Crippen molar-refractivity contribution >= 4 is 34.6 Å². The van der Waals surface area contributed by atoms with Crippen LogP contribution in [0, 0.1) is 0 Å². The van der Waals surface area contributed by atoms with Crippen molar-refractivity contribution in [3.8, 4) is 28.7 Å². The number of hydrogen-bond donors (Lipinski definition) is 1. The number of phenolic OH excluding ortho intramolecular Hbond substituents is 1. The summed E-state index contributed by atoms with van der Waals surface area (Å²) in [6, 6.07) is 16.2. The van der Waals surface area contributed by atoms with E-state index in [-0.39, 0.29) is 5.75 Å². The van der Waals surface area contributed by atoms with Gasteiger partial charge < -0.3 is 19.0 Å². The van der Waals surface area contributed by atoms with Crippen molar-refractivity contribution < 1.29 is 19.0 Å². The van der Waals surface area contributed by atoms with Crippen LogP contribution in [0.2, 0.25) is 5.02 Å². The molecule has 0 radical (unpaired) electrons. The molecule has 0 atom stereocenters. The number of aliphatic imine (C=N–C) groups is 1. The molecule has 7 heteroatoms. The molecule has 30 heavy (non-hydrogen) atoms. The maximum atomic E-state index is 10.4. The van der Waals surface area contributed by atoms with Gasteiger partial charge in [0.25, 0.3) is 0 Å². The third kappa shape index (κ3) is 3.95. The summed E-state index contributed by atoms with van der Waals surface area (Å²) in [5, 5.41) is 10.9. The van der Waals surface area contributed by atoms with Gasteiger partial charge in [-0.25, -0.2) is 4.98 Å². The summed E-state index contributed by atoms with van der Waals surface area (Å²) in [5.41, 5.74) is 3.22. The van der Waals surface area contributed by atoms with Gasteiger partial charge in [-0.15, -0.1) is 0 Å². The molecule has 0 spiro atoms. The van der Waals surface area contributed by atoms with E-state index in [1.54, 1.807) is 25.3 Å². The smallest absolute Gasteiger partial charge is 0.227 e. The molecule has 152 valence electrons. The van der Waals surface area contributed by atoms with Crippen LogP contribution in [-0.2, 0) is 0 Å².